The molecule has 1 heterocycles. The van der Waals surface area contributed by atoms with Crippen LogP contribution in [0, 0.1) is 5.92 Å². The minimum atomic E-state index is -0.429. The summed E-state index contributed by atoms with van der Waals surface area (Å²) in [6, 6.07) is 4.09. The lowest BCUT2D eigenvalue weighted by Gasteiger charge is -2.13. The van der Waals surface area contributed by atoms with Crippen molar-refractivity contribution in [2.75, 3.05) is 6.54 Å². The predicted molar refractivity (Wildman–Crippen MR) is 64.4 cm³/mol. The third kappa shape index (κ3) is 2.83. The molecule has 3 nitrogen and oxygen atoms in total. The van der Waals surface area contributed by atoms with Crippen LogP contribution in [0.5, 0.6) is 0 Å². The summed E-state index contributed by atoms with van der Waals surface area (Å²) < 4.78 is 0. The number of aliphatic hydroxyl groups is 1. The third-order valence-corrected chi connectivity index (χ3v) is 4.00. The maximum atomic E-state index is 11.7. The van der Waals surface area contributed by atoms with Gasteiger partial charge in [0.2, 0.25) is 5.91 Å². The number of amides is 1. The van der Waals surface area contributed by atoms with E-state index in [1.165, 1.54) is 4.88 Å². The summed E-state index contributed by atoms with van der Waals surface area (Å²) in [5.74, 6) is -0.162. The standard InChI is InChI=1S/C12H17NO2S/c14-11-5-1-4-10(11)12(15)13-7-6-9-3-2-8-16-9/h2-3,8,10-11,14H,1,4-7H2,(H,13,15). The quantitative estimate of drug-likeness (QED) is 0.838. The zero-order valence-corrected chi connectivity index (χ0v) is 10.0. The maximum absolute atomic E-state index is 11.7. The van der Waals surface area contributed by atoms with Crippen molar-refractivity contribution >= 4 is 17.2 Å². The molecule has 0 aromatic carbocycles. The van der Waals surface area contributed by atoms with Crippen LogP contribution in [-0.2, 0) is 11.2 Å². The van der Waals surface area contributed by atoms with Crippen LogP contribution in [0.15, 0.2) is 17.5 Å². The average Bonchev–Trinajstić information content (AvgIpc) is 2.88. The average molecular weight is 239 g/mol. The Morgan fingerprint density at radius 2 is 2.44 bits per heavy atom. The maximum Gasteiger partial charge on any atom is 0.225 e. The summed E-state index contributed by atoms with van der Waals surface area (Å²) >= 11 is 1.71. The van der Waals surface area contributed by atoms with Gasteiger partial charge in [0, 0.05) is 11.4 Å². The van der Waals surface area contributed by atoms with Crippen molar-refractivity contribution in [2.45, 2.75) is 31.8 Å². The summed E-state index contributed by atoms with van der Waals surface area (Å²) in [6.45, 7) is 0.669. The molecule has 16 heavy (non-hydrogen) atoms. The van der Waals surface area contributed by atoms with Crippen LogP contribution in [0.1, 0.15) is 24.1 Å². The van der Waals surface area contributed by atoms with Crippen molar-refractivity contribution in [3.63, 3.8) is 0 Å². The summed E-state index contributed by atoms with van der Waals surface area (Å²) in [5.41, 5.74) is 0. The van der Waals surface area contributed by atoms with E-state index in [1.54, 1.807) is 11.3 Å². The second kappa shape index (κ2) is 5.46. The van der Waals surface area contributed by atoms with Crippen molar-refractivity contribution < 1.29 is 9.90 Å². The van der Waals surface area contributed by atoms with Gasteiger partial charge >= 0.3 is 0 Å². The van der Waals surface area contributed by atoms with Crippen LogP contribution in [-0.4, -0.2) is 23.7 Å². The molecule has 2 N–H and O–H groups in total. The second-order valence-electron chi connectivity index (χ2n) is 4.23. The van der Waals surface area contributed by atoms with Gasteiger partial charge in [-0.2, -0.15) is 0 Å². The van der Waals surface area contributed by atoms with Gasteiger partial charge in [-0.1, -0.05) is 6.07 Å². The number of hydrogen-bond acceptors (Lipinski definition) is 3. The molecule has 0 bridgehead atoms. The molecule has 2 atom stereocenters. The molecule has 1 aliphatic rings. The van der Waals surface area contributed by atoms with Gasteiger partial charge in [0.05, 0.1) is 12.0 Å². The molecule has 88 valence electrons. The smallest absolute Gasteiger partial charge is 0.225 e. The molecule has 1 aromatic heterocycles. The Kier molecular flexibility index (Phi) is 3.96. The minimum absolute atomic E-state index is 0.0153. The lowest BCUT2D eigenvalue weighted by molar-refractivity contribution is -0.127. The second-order valence-corrected chi connectivity index (χ2v) is 5.26. The summed E-state index contributed by atoms with van der Waals surface area (Å²) in [7, 11) is 0. The van der Waals surface area contributed by atoms with Gasteiger partial charge in [-0.25, -0.2) is 0 Å². The number of hydrogen-bond donors (Lipinski definition) is 2. The van der Waals surface area contributed by atoms with Crippen LogP contribution in [0.4, 0.5) is 0 Å². The Hall–Kier alpha value is -0.870. The lowest BCUT2D eigenvalue weighted by atomic mass is 10.1. The van der Waals surface area contributed by atoms with E-state index in [9.17, 15) is 9.90 Å². The van der Waals surface area contributed by atoms with E-state index >= 15 is 0 Å². The minimum Gasteiger partial charge on any atom is -0.392 e. The van der Waals surface area contributed by atoms with E-state index < -0.39 is 6.10 Å². The van der Waals surface area contributed by atoms with Crippen molar-refractivity contribution in [1.29, 1.82) is 0 Å². The predicted octanol–water partition coefficient (Wildman–Crippen LogP) is 1.57. The molecule has 4 heteroatoms. The molecule has 0 saturated heterocycles. The van der Waals surface area contributed by atoms with Gasteiger partial charge in [-0.3, -0.25) is 4.79 Å². The van der Waals surface area contributed by atoms with Gasteiger partial charge in [-0.05, 0) is 37.1 Å². The first-order valence-corrected chi connectivity index (χ1v) is 6.63. The Morgan fingerprint density at radius 3 is 3.06 bits per heavy atom. The highest BCUT2D eigenvalue weighted by atomic mass is 32.1. The number of rotatable bonds is 4. The molecule has 1 fully saturated rings. The first-order chi connectivity index (χ1) is 7.77. The van der Waals surface area contributed by atoms with Crippen molar-refractivity contribution in [2.24, 2.45) is 5.92 Å². The highest BCUT2D eigenvalue weighted by Crippen LogP contribution is 2.25. The molecular weight excluding hydrogens is 222 g/mol. The van der Waals surface area contributed by atoms with Crippen LogP contribution in [0.3, 0.4) is 0 Å². The van der Waals surface area contributed by atoms with E-state index in [4.69, 9.17) is 0 Å². The monoisotopic (exact) mass is 239 g/mol. The van der Waals surface area contributed by atoms with Crippen molar-refractivity contribution in [3.05, 3.63) is 22.4 Å². The largest absolute Gasteiger partial charge is 0.392 e. The molecule has 1 saturated carbocycles. The fourth-order valence-corrected chi connectivity index (χ4v) is 2.85. The van der Waals surface area contributed by atoms with E-state index in [1.807, 2.05) is 11.4 Å². The third-order valence-electron chi connectivity index (χ3n) is 3.07. The number of carbonyl (C=O) groups is 1. The molecule has 1 aromatic rings. The van der Waals surface area contributed by atoms with Crippen LogP contribution < -0.4 is 5.32 Å². The zero-order valence-electron chi connectivity index (χ0n) is 9.19. The fraction of sp³-hybridized carbons (Fsp3) is 0.583. The highest BCUT2D eigenvalue weighted by molar-refractivity contribution is 7.09. The molecule has 0 radical (unpaired) electrons. The molecule has 0 aliphatic heterocycles. The van der Waals surface area contributed by atoms with Crippen LogP contribution in [0.25, 0.3) is 0 Å². The van der Waals surface area contributed by atoms with Crippen molar-refractivity contribution in [1.82, 2.24) is 5.32 Å². The Balaban J connectivity index is 1.71. The molecule has 2 rings (SSSR count). The molecular formula is C12H17NO2S. The van der Waals surface area contributed by atoms with Crippen molar-refractivity contribution in [3.8, 4) is 0 Å². The zero-order chi connectivity index (χ0) is 11.4. The number of aliphatic hydroxyl groups excluding tert-OH is 1. The summed E-state index contributed by atoms with van der Waals surface area (Å²) in [4.78, 5) is 13.0. The number of nitrogens with one attached hydrogen (secondary N) is 1. The van der Waals surface area contributed by atoms with Gasteiger partial charge in [0.15, 0.2) is 0 Å². The number of thiophene rings is 1. The normalized spacial score (nSPS) is 24.6. The van der Waals surface area contributed by atoms with Crippen LogP contribution in [0.2, 0.25) is 0 Å². The van der Waals surface area contributed by atoms with Gasteiger partial charge in [0.1, 0.15) is 0 Å². The Morgan fingerprint density at radius 1 is 1.56 bits per heavy atom. The molecule has 1 aliphatic carbocycles. The van der Waals surface area contributed by atoms with E-state index in [0.717, 1.165) is 25.7 Å². The molecule has 0 spiro atoms. The first-order valence-electron chi connectivity index (χ1n) is 5.75. The molecule has 2 unspecified atom stereocenters. The number of carbonyl (C=O) groups excluding carboxylic acids is 1. The Labute approximate surface area is 99.5 Å². The summed E-state index contributed by atoms with van der Waals surface area (Å²) in [5, 5.41) is 14.5. The first kappa shape index (κ1) is 11.6. The fourth-order valence-electron chi connectivity index (χ4n) is 2.14. The van der Waals surface area contributed by atoms with E-state index in [0.29, 0.717) is 6.54 Å². The van der Waals surface area contributed by atoms with E-state index in [2.05, 4.69) is 11.4 Å². The van der Waals surface area contributed by atoms with Crippen LogP contribution >= 0.6 is 11.3 Å². The van der Waals surface area contributed by atoms with Gasteiger partial charge < -0.3 is 10.4 Å². The topological polar surface area (TPSA) is 49.3 Å². The lowest BCUT2D eigenvalue weighted by Crippen LogP contribution is -2.35. The summed E-state index contributed by atoms with van der Waals surface area (Å²) in [6.07, 6.45) is 3.01. The Bertz CT molecular complexity index is 337. The highest BCUT2D eigenvalue weighted by Gasteiger charge is 2.30. The van der Waals surface area contributed by atoms with Gasteiger partial charge in [0.25, 0.3) is 0 Å². The SMILES string of the molecule is O=C(NCCc1cccs1)C1CCCC1O. The van der Waals surface area contributed by atoms with Gasteiger partial charge in [-0.15, -0.1) is 11.3 Å². The molecule has 1 amide bonds. The van der Waals surface area contributed by atoms with E-state index in [-0.39, 0.29) is 11.8 Å².